The first kappa shape index (κ1) is 15.7. The van der Waals surface area contributed by atoms with Crippen LogP contribution >= 0.6 is 11.6 Å². The van der Waals surface area contributed by atoms with Crippen LogP contribution in [0.3, 0.4) is 0 Å². The number of carboxylic acids is 1. The first-order chi connectivity index (χ1) is 11.0. The minimum Gasteiger partial charge on any atom is -0.481 e. The molecule has 23 heavy (non-hydrogen) atoms. The maximum atomic E-state index is 11.3. The van der Waals surface area contributed by atoms with Gasteiger partial charge in [-0.3, -0.25) is 4.79 Å². The Bertz CT molecular complexity index is 716. The number of rotatable bonds is 5. The molecule has 0 fully saturated rings. The van der Waals surface area contributed by atoms with Crippen molar-refractivity contribution in [2.24, 2.45) is 5.92 Å². The molecular formula is C18H17ClO4. The highest BCUT2D eigenvalue weighted by Gasteiger charge is 2.50. The van der Waals surface area contributed by atoms with Crippen molar-refractivity contribution in [2.45, 2.75) is 25.6 Å². The molecule has 0 amide bonds. The van der Waals surface area contributed by atoms with E-state index < -0.39 is 11.8 Å². The molecule has 0 radical (unpaired) electrons. The minimum atomic E-state index is -1.15. The largest absolute Gasteiger partial charge is 0.481 e. The van der Waals surface area contributed by atoms with Crippen molar-refractivity contribution >= 4 is 17.6 Å². The summed E-state index contributed by atoms with van der Waals surface area (Å²) in [5.41, 5.74) is 0.792. The van der Waals surface area contributed by atoms with Gasteiger partial charge in [0.2, 0.25) is 0 Å². The van der Waals surface area contributed by atoms with Gasteiger partial charge in [-0.25, -0.2) is 0 Å². The Kier molecular flexibility index (Phi) is 4.18. The highest BCUT2D eigenvalue weighted by atomic mass is 35.5. The molecule has 0 spiro atoms. The van der Waals surface area contributed by atoms with Crippen LogP contribution in [-0.2, 0) is 10.6 Å². The summed E-state index contributed by atoms with van der Waals surface area (Å²) in [6.45, 7) is 1.93. The number of carboxylic acid groups (broad SMARTS) is 1. The van der Waals surface area contributed by atoms with E-state index in [1.165, 1.54) is 0 Å². The van der Waals surface area contributed by atoms with Crippen LogP contribution in [-0.4, -0.2) is 11.1 Å². The van der Waals surface area contributed by atoms with E-state index in [2.05, 4.69) is 0 Å². The summed E-state index contributed by atoms with van der Waals surface area (Å²) in [4.78, 5) is 11.3. The summed E-state index contributed by atoms with van der Waals surface area (Å²) < 4.78 is 12.3. The number of hydrogen-bond donors (Lipinski definition) is 1. The zero-order chi connectivity index (χ0) is 16.4. The summed E-state index contributed by atoms with van der Waals surface area (Å²) in [6.07, 6.45) is 0.552. The summed E-state index contributed by atoms with van der Waals surface area (Å²) in [6, 6.07) is 14.6. The second kappa shape index (κ2) is 6.13. The van der Waals surface area contributed by atoms with Gasteiger partial charge in [0.05, 0.1) is 12.3 Å². The second-order valence-corrected chi connectivity index (χ2v) is 5.97. The number of halogens is 1. The normalized spacial score (nSPS) is 20.3. The van der Waals surface area contributed by atoms with Crippen LogP contribution in [0, 0.1) is 5.92 Å². The number of hydrogen-bond acceptors (Lipinski definition) is 3. The lowest BCUT2D eigenvalue weighted by Crippen LogP contribution is -2.44. The van der Waals surface area contributed by atoms with E-state index in [0.29, 0.717) is 22.9 Å². The molecule has 2 unspecified atom stereocenters. The highest BCUT2D eigenvalue weighted by Crippen LogP contribution is 2.50. The van der Waals surface area contributed by atoms with E-state index in [4.69, 9.17) is 21.1 Å². The van der Waals surface area contributed by atoms with Gasteiger partial charge in [0, 0.05) is 16.7 Å². The van der Waals surface area contributed by atoms with E-state index in [9.17, 15) is 9.90 Å². The van der Waals surface area contributed by atoms with E-state index >= 15 is 0 Å². The molecule has 2 aromatic rings. The predicted molar refractivity (Wildman–Crippen MR) is 86.9 cm³/mol. The maximum Gasteiger partial charge on any atom is 0.303 e. The highest BCUT2D eigenvalue weighted by molar-refractivity contribution is 6.30. The third-order valence-electron chi connectivity index (χ3n) is 4.06. The fourth-order valence-electron chi connectivity index (χ4n) is 2.94. The molecular weight excluding hydrogens is 316 g/mol. The Hall–Kier alpha value is -2.20. The predicted octanol–water partition coefficient (Wildman–Crippen LogP) is 4.47. The Morgan fingerprint density at radius 3 is 2.52 bits per heavy atom. The molecule has 3 rings (SSSR count). The lowest BCUT2D eigenvalue weighted by Gasteiger charge is -2.34. The minimum absolute atomic E-state index is 0.0485. The van der Waals surface area contributed by atoms with Crippen LogP contribution in [0.4, 0.5) is 0 Å². The van der Waals surface area contributed by atoms with Crippen LogP contribution in [0.15, 0.2) is 48.5 Å². The molecule has 1 heterocycles. The van der Waals surface area contributed by atoms with Gasteiger partial charge in [0.15, 0.2) is 11.5 Å². The van der Waals surface area contributed by atoms with Gasteiger partial charge in [0.1, 0.15) is 0 Å². The van der Waals surface area contributed by atoms with E-state index in [1.54, 1.807) is 18.2 Å². The monoisotopic (exact) mass is 332 g/mol. The van der Waals surface area contributed by atoms with Gasteiger partial charge < -0.3 is 14.6 Å². The van der Waals surface area contributed by atoms with Crippen LogP contribution in [0.25, 0.3) is 0 Å². The SMILES string of the molecule is CCC(CC(=O)O)C1(c2ccccc2)Oc2ccc(Cl)cc2O1. The molecule has 0 bridgehead atoms. The third-order valence-corrected chi connectivity index (χ3v) is 4.29. The third kappa shape index (κ3) is 2.86. The van der Waals surface area contributed by atoms with Crippen molar-refractivity contribution in [3.05, 3.63) is 59.1 Å². The van der Waals surface area contributed by atoms with Crippen LogP contribution in [0.1, 0.15) is 25.3 Å². The molecule has 2 atom stereocenters. The zero-order valence-electron chi connectivity index (χ0n) is 12.7. The molecule has 1 N–H and O–H groups in total. The summed E-state index contributed by atoms with van der Waals surface area (Å²) in [5.74, 6) is -1.27. The molecule has 2 aromatic carbocycles. The van der Waals surface area contributed by atoms with Gasteiger partial charge in [-0.05, 0) is 18.6 Å². The first-order valence-electron chi connectivity index (χ1n) is 7.50. The molecule has 0 saturated carbocycles. The first-order valence-corrected chi connectivity index (χ1v) is 7.88. The topological polar surface area (TPSA) is 55.8 Å². The Morgan fingerprint density at radius 1 is 1.17 bits per heavy atom. The van der Waals surface area contributed by atoms with Crippen LogP contribution in [0.2, 0.25) is 5.02 Å². The number of carbonyl (C=O) groups is 1. The molecule has 4 nitrogen and oxygen atoms in total. The Morgan fingerprint density at radius 2 is 1.87 bits per heavy atom. The second-order valence-electron chi connectivity index (χ2n) is 5.53. The smallest absolute Gasteiger partial charge is 0.303 e. The molecule has 5 heteroatoms. The fourth-order valence-corrected chi connectivity index (χ4v) is 3.10. The van der Waals surface area contributed by atoms with Crippen molar-refractivity contribution in [1.82, 2.24) is 0 Å². The van der Waals surface area contributed by atoms with Gasteiger partial charge in [-0.1, -0.05) is 48.9 Å². The van der Waals surface area contributed by atoms with Crippen LogP contribution < -0.4 is 9.47 Å². The van der Waals surface area contributed by atoms with Crippen molar-refractivity contribution in [3.63, 3.8) is 0 Å². The molecule has 0 aromatic heterocycles. The van der Waals surface area contributed by atoms with Gasteiger partial charge in [-0.15, -0.1) is 0 Å². The average molecular weight is 333 g/mol. The standard InChI is InChI=1S/C18H17ClO4/c1-2-12(10-17(20)21)18(13-6-4-3-5-7-13)22-15-9-8-14(19)11-16(15)23-18/h3-9,11-12H,2,10H2,1H3,(H,20,21). The zero-order valence-corrected chi connectivity index (χ0v) is 13.4. The van der Waals surface area contributed by atoms with Crippen LogP contribution in [0.5, 0.6) is 11.5 Å². The van der Waals surface area contributed by atoms with E-state index in [0.717, 1.165) is 5.56 Å². The molecule has 1 aliphatic rings. The average Bonchev–Trinajstić information content (AvgIpc) is 2.93. The quantitative estimate of drug-likeness (QED) is 0.878. The Balaban J connectivity index is 2.08. The summed E-state index contributed by atoms with van der Waals surface area (Å²) in [7, 11) is 0. The summed E-state index contributed by atoms with van der Waals surface area (Å²) in [5, 5.41) is 9.81. The lowest BCUT2D eigenvalue weighted by molar-refractivity contribution is -0.157. The fraction of sp³-hybridized carbons (Fsp3) is 0.278. The van der Waals surface area contributed by atoms with Gasteiger partial charge in [0.25, 0.3) is 5.79 Å². The maximum absolute atomic E-state index is 11.3. The number of ether oxygens (including phenoxy) is 2. The van der Waals surface area contributed by atoms with E-state index in [-0.39, 0.29) is 12.3 Å². The molecule has 1 aliphatic heterocycles. The lowest BCUT2D eigenvalue weighted by atomic mass is 9.87. The van der Waals surface area contributed by atoms with Crippen molar-refractivity contribution in [3.8, 4) is 11.5 Å². The van der Waals surface area contributed by atoms with Crippen molar-refractivity contribution < 1.29 is 19.4 Å². The van der Waals surface area contributed by atoms with Gasteiger partial charge >= 0.3 is 5.97 Å². The molecule has 0 saturated heterocycles. The number of aliphatic carboxylic acids is 1. The van der Waals surface area contributed by atoms with E-state index in [1.807, 2.05) is 37.3 Å². The molecule has 0 aliphatic carbocycles. The summed E-state index contributed by atoms with van der Waals surface area (Å²) >= 11 is 6.03. The Labute approximate surface area is 139 Å². The number of fused-ring (bicyclic) bond motifs is 1. The van der Waals surface area contributed by atoms with Gasteiger partial charge in [-0.2, -0.15) is 0 Å². The number of benzene rings is 2. The molecule has 120 valence electrons. The van der Waals surface area contributed by atoms with Crippen molar-refractivity contribution in [1.29, 1.82) is 0 Å². The van der Waals surface area contributed by atoms with Crippen molar-refractivity contribution in [2.75, 3.05) is 0 Å².